The molecule has 1 unspecified atom stereocenters. The smallest absolute Gasteiger partial charge is 0.276 e. The Morgan fingerprint density at radius 3 is 2.94 bits per heavy atom. The summed E-state index contributed by atoms with van der Waals surface area (Å²) < 4.78 is 0. The van der Waals surface area contributed by atoms with Crippen LogP contribution in [0.2, 0.25) is 0 Å². The van der Waals surface area contributed by atoms with Crippen LogP contribution in [0.15, 0.2) is 12.1 Å². The fraction of sp³-hybridized carbons (Fsp3) is 0.545. The zero-order chi connectivity index (χ0) is 13.0. The van der Waals surface area contributed by atoms with Crippen LogP contribution in [0, 0.1) is 16.0 Å². The van der Waals surface area contributed by atoms with Gasteiger partial charge in [-0.05, 0) is 23.8 Å². The summed E-state index contributed by atoms with van der Waals surface area (Å²) in [5, 5.41) is 16.8. The molecule has 2 rings (SSSR count). The average molecular weight is 268 g/mol. The van der Waals surface area contributed by atoms with E-state index in [0.717, 1.165) is 12.3 Å². The second kappa shape index (κ2) is 5.90. The Bertz CT molecular complexity index is 435. The highest BCUT2D eigenvalue weighted by Gasteiger charge is 2.16. The number of pyridine rings is 1. The van der Waals surface area contributed by atoms with Crippen LogP contribution in [-0.4, -0.2) is 35.0 Å². The van der Waals surface area contributed by atoms with Crippen molar-refractivity contribution in [2.45, 2.75) is 6.42 Å². The maximum absolute atomic E-state index is 10.8. The van der Waals surface area contributed by atoms with E-state index in [-0.39, 0.29) is 5.69 Å². The molecule has 6 nitrogen and oxygen atoms in total. The highest BCUT2D eigenvalue weighted by atomic mass is 32.2. The van der Waals surface area contributed by atoms with Crippen molar-refractivity contribution in [3.63, 3.8) is 0 Å². The Morgan fingerprint density at radius 1 is 1.56 bits per heavy atom. The van der Waals surface area contributed by atoms with E-state index in [2.05, 4.69) is 15.6 Å². The molecule has 0 saturated carbocycles. The molecule has 2 heterocycles. The molecular formula is C11H16N4O2S. The summed E-state index contributed by atoms with van der Waals surface area (Å²) in [6, 6.07) is 2.90. The van der Waals surface area contributed by atoms with E-state index in [1.54, 1.807) is 7.05 Å². The minimum absolute atomic E-state index is 0.0534. The maximum Gasteiger partial charge on any atom is 0.276 e. The molecule has 7 heteroatoms. The molecule has 0 radical (unpaired) electrons. The summed E-state index contributed by atoms with van der Waals surface area (Å²) >= 11 is 1.95. The fourth-order valence-corrected chi connectivity index (χ4v) is 3.12. The lowest BCUT2D eigenvalue weighted by molar-refractivity contribution is -0.384. The monoisotopic (exact) mass is 268 g/mol. The zero-order valence-electron chi connectivity index (χ0n) is 10.2. The van der Waals surface area contributed by atoms with Gasteiger partial charge in [-0.2, -0.15) is 11.8 Å². The van der Waals surface area contributed by atoms with E-state index in [9.17, 15) is 10.1 Å². The van der Waals surface area contributed by atoms with E-state index >= 15 is 0 Å². The molecule has 98 valence electrons. The van der Waals surface area contributed by atoms with Crippen molar-refractivity contribution in [3.8, 4) is 0 Å². The van der Waals surface area contributed by atoms with Gasteiger partial charge in [0.2, 0.25) is 0 Å². The van der Waals surface area contributed by atoms with E-state index in [0.29, 0.717) is 17.6 Å². The lowest BCUT2D eigenvalue weighted by Crippen LogP contribution is -2.14. The molecular weight excluding hydrogens is 252 g/mol. The summed E-state index contributed by atoms with van der Waals surface area (Å²) in [6.07, 6.45) is 1.20. The number of hydrogen-bond acceptors (Lipinski definition) is 6. The third kappa shape index (κ3) is 3.25. The van der Waals surface area contributed by atoms with Crippen LogP contribution in [-0.2, 0) is 0 Å². The van der Waals surface area contributed by atoms with Gasteiger partial charge in [0.15, 0.2) is 0 Å². The third-order valence-corrected chi connectivity index (χ3v) is 4.10. The van der Waals surface area contributed by atoms with Crippen molar-refractivity contribution >= 4 is 29.1 Å². The zero-order valence-corrected chi connectivity index (χ0v) is 11.0. The van der Waals surface area contributed by atoms with Gasteiger partial charge in [0.1, 0.15) is 11.6 Å². The van der Waals surface area contributed by atoms with E-state index in [1.807, 2.05) is 11.8 Å². The van der Waals surface area contributed by atoms with Crippen LogP contribution in [0.4, 0.5) is 17.3 Å². The summed E-state index contributed by atoms with van der Waals surface area (Å²) in [4.78, 5) is 14.7. The molecule has 1 fully saturated rings. The minimum atomic E-state index is -0.404. The van der Waals surface area contributed by atoms with Crippen molar-refractivity contribution in [1.82, 2.24) is 4.98 Å². The molecule has 1 aromatic heterocycles. The van der Waals surface area contributed by atoms with Gasteiger partial charge in [0.05, 0.1) is 17.1 Å². The van der Waals surface area contributed by atoms with Crippen molar-refractivity contribution in [2.75, 3.05) is 35.7 Å². The number of nitrogens with one attached hydrogen (secondary N) is 2. The lowest BCUT2D eigenvalue weighted by atomic mass is 10.1. The average Bonchev–Trinajstić information content (AvgIpc) is 2.89. The highest BCUT2D eigenvalue weighted by Crippen LogP contribution is 2.25. The Hall–Kier alpha value is -1.50. The first kappa shape index (κ1) is 12.9. The van der Waals surface area contributed by atoms with Gasteiger partial charge in [-0.15, -0.1) is 0 Å². The molecule has 0 bridgehead atoms. The van der Waals surface area contributed by atoms with E-state index in [1.165, 1.54) is 24.3 Å². The topological polar surface area (TPSA) is 80.1 Å². The molecule has 0 amide bonds. The van der Waals surface area contributed by atoms with Crippen LogP contribution in [0.3, 0.4) is 0 Å². The van der Waals surface area contributed by atoms with Gasteiger partial charge >= 0.3 is 0 Å². The molecule has 1 atom stereocenters. The van der Waals surface area contributed by atoms with Crippen molar-refractivity contribution in [2.24, 2.45) is 5.92 Å². The summed E-state index contributed by atoms with van der Waals surface area (Å²) in [6.45, 7) is 0.824. The van der Waals surface area contributed by atoms with E-state index < -0.39 is 4.92 Å². The first-order chi connectivity index (χ1) is 8.69. The van der Waals surface area contributed by atoms with Crippen molar-refractivity contribution < 1.29 is 4.92 Å². The first-order valence-corrected chi connectivity index (χ1v) is 7.00. The number of rotatable bonds is 5. The Labute approximate surface area is 110 Å². The molecule has 18 heavy (non-hydrogen) atoms. The number of thioether (sulfide) groups is 1. The number of nitro groups is 1. The predicted molar refractivity (Wildman–Crippen MR) is 74.4 cm³/mol. The third-order valence-electron chi connectivity index (χ3n) is 2.87. The van der Waals surface area contributed by atoms with Gasteiger partial charge in [0, 0.05) is 13.6 Å². The highest BCUT2D eigenvalue weighted by molar-refractivity contribution is 7.99. The Kier molecular flexibility index (Phi) is 4.24. The molecule has 1 aliphatic heterocycles. The van der Waals surface area contributed by atoms with Gasteiger partial charge in [-0.1, -0.05) is 0 Å². The van der Waals surface area contributed by atoms with Gasteiger partial charge in [-0.3, -0.25) is 10.1 Å². The Morgan fingerprint density at radius 2 is 2.33 bits per heavy atom. The SMILES string of the molecule is CNc1cc([N+](=O)[O-])cc(NCC2CCSC2)n1. The Balaban J connectivity index is 2.05. The van der Waals surface area contributed by atoms with E-state index in [4.69, 9.17) is 0 Å². The second-order valence-corrected chi connectivity index (χ2v) is 5.36. The summed E-state index contributed by atoms with van der Waals surface area (Å²) in [5.41, 5.74) is 0.0534. The molecule has 1 saturated heterocycles. The molecule has 2 N–H and O–H groups in total. The molecule has 0 aromatic carbocycles. The second-order valence-electron chi connectivity index (χ2n) is 4.21. The number of nitrogens with zero attached hydrogens (tertiary/aromatic N) is 2. The summed E-state index contributed by atoms with van der Waals surface area (Å²) in [5.74, 6) is 4.06. The van der Waals surface area contributed by atoms with Gasteiger partial charge in [-0.25, -0.2) is 4.98 Å². The van der Waals surface area contributed by atoms with Crippen LogP contribution in [0.5, 0.6) is 0 Å². The molecule has 0 spiro atoms. The number of hydrogen-bond donors (Lipinski definition) is 2. The summed E-state index contributed by atoms with van der Waals surface area (Å²) in [7, 11) is 1.70. The van der Waals surface area contributed by atoms with Gasteiger partial charge in [0.25, 0.3) is 5.69 Å². The van der Waals surface area contributed by atoms with Crippen LogP contribution < -0.4 is 10.6 Å². The normalized spacial score (nSPS) is 18.6. The number of anilines is 2. The van der Waals surface area contributed by atoms with Crippen LogP contribution >= 0.6 is 11.8 Å². The largest absolute Gasteiger partial charge is 0.373 e. The maximum atomic E-state index is 10.8. The van der Waals surface area contributed by atoms with Crippen molar-refractivity contribution in [3.05, 3.63) is 22.2 Å². The first-order valence-electron chi connectivity index (χ1n) is 5.85. The fourth-order valence-electron chi connectivity index (χ4n) is 1.83. The van der Waals surface area contributed by atoms with Crippen LogP contribution in [0.1, 0.15) is 6.42 Å². The van der Waals surface area contributed by atoms with Crippen molar-refractivity contribution in [1.29, 1.82) is 0 Å². The molecule has 1 aliphatic rings. The lowest BCUT2D eigenvalue weighted by Gasteiger charge is -2.11. The van der Waals surface area contributed by atoms with Gasteiger partial charge < -0.3 is 10.6 Å². The predicted octanol–water partition coefficient (Wildman–Crippen LogP) is 2.20. The minimum Gasteiger partial charge on any atom is -0.373 e. The molecule has 1 aromatic rings. The standard InChI is InChI=1S/C11H16N4O2S/c1-12-10-4-9(15(16)17)5-11(14-10)13-6-8-2-3-18-7-8/h4-5,8H,2-3,6-7H2,1H3,(H2,12,13,14). The van der Waals surface area contributed by atoms with Crippen LogP contribution in [0.25, 0.3) is 0 Å². The quantitative estimate of drug-likeness (QED) is 0.629. The molecule has 0 aliphatic carbocycles. The number of aromatic nitrogens is 1.